The minimum atomic E-state index is -0.847. The first-order valence-corrected chi connectivity index (χ1v) is 31.6. The van der Waals surface area contributed by atoms with E-state index in [1.807, 2.05) is 6.08 Å². The fourth-order valence-electron chi connectivity index (χ4n) is 9.87. The second kappa shape index (κ2) is 59.9. The van der Waals surface area contributed by atoms with E-state index >= 15 is 0 Å². The minimum Gasteiger partial charge on any atom is -0.466 e. The first-order valence-electron chi connectivity index (χ1n) is 31.6. The molecule has 0 bridgehead atoms. The lowest BCUT2D eigenvalue weighted by Gasteiger charge is -2.20. The van der Waals surface area contributed by atoms with Crippen LogP contribution in [0.25, 0.3) is 0 Å². The van der Waals surface area contributed by atoms with Crippen molar-refractivity contribution in [2.24, 2.45) is 0 Å². The van der Waals surface area contributed by atoms with Gasteiger partial charge in [0.2, 0.25) is 5.91 Å². The number of nitrogens with one attached hydrogen (secondary N) is 1. The molecule has 0 radical (unpaired) electrons. The lowest BCUT2D eigenvalue weighted by atomic mass is 10.0. The van der Waals surface area contributed by atoms with Gasteiger partial charge in [-0.1, -0.05) is 301 Å². The largest absolute Gasteiger partial charge is 0.466 e. The highest BCUT2D eigenvalue weighted by atomic mass is 16.5. The van der Waals surface area contributed by atoms with Crippen molar-refractivity contribution >= 4 is 11.9 Å². The molecule has 70 heavy (non-hydrogen) atoms. The molecular weight excluding hydrogens is 863 g/mol. The van der Waals surface area contributed by atoms with Crippen LogP contribution in [0.2, 0.25) is 0 Å². The quantitative estimate of drug-likeness (QED) is 0.0321. The van der Waals surface area contributed by atoms with Crippen molar-refractivity contribution in [3.8, 4) is 0 Å². The van der Waals surface area contributed by atoms with Gasteiger partial charge in [-0.3, -0.25) is 9.59 Å². The maximum absolute atomic E-state index is 12.5. The van der Waals surface area contributed by atoms with Crippen LogP contribution in [0.3, 0.4) is 0 Å². The van der Waals surface area contributed by atoms with E-state index in [9.17, 15) is 19.8 Å². The maximum atomic E-state index is 12.5. The van der Waals surface area contributed by atoms with Gasteiger partial charge in [0.05, 0.1) is 25.4 Å². The van der Waals surface area contributed by atoms with Crippen LogP contribution in [0.5, 0.6) is 0 Å². The van der Waals surface area contributed by atoms with Crippen molar-refractivity contribution < 1.29 is 24.5 Å². The molecule has 0 saturated carbocycles. The van der Waals surface area contributed by atoms with Gasteiger partial charge in [-0.25, -0.2) is 0 Å². The molecule has 0 aromatic carbocycles. The average molecular weight is 987 g/mol. The molecule has 3 N–H and O–H groups in total. The number of aliphatic hydroxyl groups is 2. The van der Waals surface area contributed by atoms with Crippen molar-refractivity contribution in [1.29, 1.82) is 0 Å². The van der Waals surface area contributed by atoms with Crippen LogP contribution < -0.4 is 5.32 Å². The number of esters is 1. The molecule has 1 amide bonds. The van der Waals surface area contributed by atoms with Gasteiger partial charge in [0.15, 0.2) is 0 Å². The van der Waals surface area contributed by atoms with Crippen LogP contribution in [0.1, 0.15) is 348 Å². The number of amides is 1. The first-order chi connectivity index (χ1) is 34.5. The third-order valence-corrected chi connectivity index (χ3v) is 14.7. The zero-order chi connectivity index (χ0) is 50.7. The van der Waals surface area contributed by atoms with Gasteiger partial charge in [0.25, 0.3) is 0 Å². The van der Waals surface area contributed by atoms with Gasteiger partial charge in [-0.15, -0.1) is 0 Å². The summed E-state index contributed by atoms with van der Waals surface area (Å²) in [5.41, 5.74) is 0. The van der Waals surface area contributed by atoms with E-state index in [1.165, 1.54) is 283 Å². The molecule has 0 aliphatic carbocycles. The Morgan fingerprint density at radius 3 is 1.01 bits per heavy atom. The summed E-state index contributed by atoms with van der Waals surface area (Å²) in [6.45, 7) is 4.92. The van der Waals surface area contributed by atoms with Crippen molar-refractivity contribution in [2.75, 3.05) is 13.2 Å². The second-order valence-corrected chi connectivity index (χ2v) is 21.7. The van der Waals surface area contributed by atoms with E-state index in [4.69, 9.17) is 4.74 Å². The van der Waals surface area contributed by atoms with Gasteiger partial charge in [0, 0.05) is 12.8 Å². The predicted molar refractivity (Wildman–Crippen MR) is 306 cm³/mol. The van der Waals surface area contributed by atoms with E-state index < -0.39 is 12.1 Å². The molecule has 6 heteroatoms. The topological polar surface area (TPSA) is 95.9 Å². The number of hydrogen-bond donors (Lipinski definition) is 3. The molecule has 0 heterocycles. The Kier molecular flexibility index (Phi) is 58.5. The summed E-state index contributed by atoms with van der Waals surface area (Å²) in [4.78, 5) is 24.5. The molecule has 0 fully saturated rings. The number of rotatable bonds is 59. The summed E-state index contributed by atoms with van der Waals surface area (Å²) in [5, 5.41) is 23.1. The first kappa shape index (κ1) is 68.3. The molecule has 0 aliphatic heterocycles. The molecular formula is C64H123NO5. The van der Waals surface area contributed by atoms with Gasteiger partial charge >= 0.3 is 5.97 Å². The Bertz CT molecular complexity index is 1090. The molecule has 2 atom stereocenters. The predicted octanol–water partition coefficient (Wildman–Crippen LogP) is 19.8. The van der Waals surface area contributed by atoms with Crippen molar-refractivity contribution in [3.05, 3.63) is 24.3 Å². The third kappa shape index (κ3) is 55.7. The van der Waals surface area contributed by atoms with E-state index in [2.05, 4.69) is 31.3 Å². The molecule has 0 aliphatic rings. The number of hydrogen-bond acceptors (Lipinski definition) is 5. The maximum Gasteiger partial charge on any atom is 0.305 e. The fourth-order valence-corrected chi connectivity index (χ4v) is 9.87. The number of ether oxygens (including phenoxy) is 1. The van der Waals surface area contributed by atoms with E-state index in [-0.39, 0.29) is 18.5 Å². The standard InChI is InChI=1S/C64H123NO5/c1-3-5-7-9-11-13-15-17-18-29-33-36-40-44-48-52-56-62(67)61(60-66)65-63(68)57-53-49-45-41-37-34-30-27-25-23-21-19-20-22-24-26-28-31-35-39-43-47-51-55-59-70-64(69)58-54-50-46-42-38-32-16-14-12-10-8-6-4-2/h21,23,52,56,61-62,66-67H,3-20,22,24-51,53-55,57-60H2,1-2H3,(H,65,68)/b23-21-,56-52+. The molecule has 0 spiro atoms. The van der Waals surface area contributed by atoms with Crippen molar-refractivity contribution in [3.63, 3.8) is 0 Å². The Morgan fingerprint density at radius 1 is 0.386 bits per heavy atom. The Hall–Kier alpha value is -1.66. The van der Waals surface area contributed by atoms with Gasteiger partial charge in [-0.05, 0) is 57.8 Å². The molecule has 0 aromatic rings. The molecule has 414 valence electrons. The summed E-state index contributed by atoms with van der Waals surface area (Å²) >= 11 is 0. The van der Waals surface area contributed by atoms with Gasteiger partial charge in [-0.2, -0.15) is 0 Å². The zero-order valence-electron chi connectivity index (χ0n) is 47.3. The van der Waals surface area contributed by atoms with Gasteiger partial charge < -0.3 is 20.3 Å². The monoisotopic (exact) mass is 986 g/mol. The lowest BCUT2D eigenvalue weighted by Crippen LogP contribution is -2.45. The van der Waals surface area contributed by atoms with E-state index in [0.29, 0.717) is 19.4 Å². The van der Waals surface area contributed by atoms with Crippen LogP contribution in [-0.2, 0) is 14.3 Å². The normalized spacial score (nSPS) is 12.7. The smallest absolute Gasteiger partial charge is 0.305 e. The molecule has 2 unspecified atom stereocenters. The summed E-state index contributed by atoms with van der Waals surface area (Å²) in [7, 11) is 0. The fraction of sp³-hybridized carbons (Fsp3) is 0.906. The highest BCUT2D eigenvalue weighted by Gasteiger charge is 2.18. The highest BCUT2D eigenvalue weighted by molar-refractivity contribution is 5.76. The number of unbranched alkanes of at least 4 members (excludes halogenated alkanes) is 46. The van der Waals surface area contributed by atoms with Crippen molar-refractivity contribution in [2.45, 2.75) is 360 Å². The van der Waals surface area contributed by atoms with Crippen molar-refractivity contribution in [1.82, 2.24) is 5.32 Å². The lowest BCUT2D eigenvalue weighted by molar-refractivity contribution is -0.143. The van der Waals surface area contributed by atoms with Crippen LogP contribution in [0, 0.1) is 0 Å². The molecule has 0 rings (SSSR count). The van der Waals surface area contributed by atoms with Crippen LogP contribution >= 0.6 is 0 Å². The SMILES string of the molecule is CCCCCCCCCCCCCCCC/C=C/C(O)C(CO)NC(=O)CCCCCCCCCC/C=C\CCCCCCCCCCCCCCOC(=O)CCCCCCCCCCCCCCC. The summed E-state index contributed by atoms with van der Waals surface area (Å²) < 4.78 is 5.48. The number of carbonyl (C=O) groups is 2. The number of aliphatic hydroxyl groups excluding tert-OH is 2. The molecule has 0 saturated heterocycles. The second-order valence-electron chi connectivity index (χ2n) is 21.7. The summed E-state index contributed by atoms with van der Waals surface area (Å²) in [6, 6.07) is -0.631. The highest BCUT2D eigenvalue weighted by Crippen LogP contribution is 2.17. The minimum absolute atomic E-state index is 0.0139. The average Bonchev–Trinajstić information content (AvgIpc) is 3.36. The Morgan fingerprint density at radius 2 is 0.671 bits per heavy atom. The van der Waals surface area contributed by atoms with Gasteiger partial charge in [0.1, 0.15) is 0 Å². The number of carbonyl (C=O) groups excluding carboxylic acids is 2. The van der Waals surface area contributed by atoms with E-state index in [1.54, 1.807) is 6.08 Å². The van der Waals surface area contributed by atoms with E-state index in [0.717, 1.165) is 38.5 Å². The van der Waals surface area contributed by atoms with Crippen LogP contribution in [-0.4, -0.2) is 47.4 Å². The summed E-state index contributed by atoms with van der Waals surface area (Å²) in [5.74, 6) is -0.0565. The Labute approximate surface area is 437 Å². The van der Waals surface area contributed by atoms with Crippen LogP contribution in [0.4, 0.5) is 0 Å². The zero-order valence-corrected chi connectivity index (χ0v) is 47.3. The van der Waals surface area contributed by atoms with Crippen LogP contribution in [0.15, 0.2) is 24.3 Å². The number of allylic oxidation sites excluding steroid dienone is 3. The summed E-state index contributed by atoms with van der Waals surface area (Å²) in [6.07, 6.45) is 73.6. The Balaban J connectivity index is 3.42. The third-order valence-electron chi connectivity index (χ3n) is 14.7. The molecule has 0 aromatic heterocycles. The molecule has 6 nitrogen and oxygen atoms in total.